The van der Waals surface area contributed by atoms with E-state index in [0.29, 0.717) is 32.7 Å². The van der Waals surface area contributed by atoms with E-state index in [1.165, 1.54) is 0 Å². The van der Waals surface area contributed by atoms with E-state index >= 15 is 0 Å². The van der Waals surface area contributed by atoms with E-state index in [1.807, 2.05) is 11.0 Å². The smallest absolute Gasteiger partial charge is 0.269 e. The number of hydrogen-bond donors (Lipinski definition) is 0. The number of anilines is 1. The topological polar surface area (TPSA) is 75.9 Å². The van der Waals surface area contributed by atoms with Crippen molar-refractivity contribution in [3.63, 3.8) is 0 Å². The summed E-state index contributed by atoms with van der Waals surface area (Å²) in [4.78, 5) is 28.1. The molecule has 7 heteroatoms. The minimum atomic E-state index is -0.360. The predicted octanol–water partition coefficient (Wildman–Crippen LogP) is 1.98. The number of non-ortho nitro benzene ring substituents is 1. The van der Waals surface area contributed by atoms with Gasteiger partial charge >= 0.3 is 0 Å². The summed E-state index contributed by atoms with van der Waals surface area (Å²) < 4.78 is 5.36. The van der Waals surface area contributed by atoms with E-state index in [0.717, 1.165) is 37.1 Å². The third-order valence-electron chi connectivity index (χ3n) is 5.68. The van der Waals surface area contributed by atoms with Crippen LogP contribution in [0.3, 0.4) is 0 Å². The Kier molecular flexibility index (Phi) is 4.33. The molecule has 7 nitrogen and oxygen atoms in total. The first-order valence-corrected chi connectivity index (χ1v) is 9.05. The van der Waals surface area contributed by atoms with Crippen molar-refractivity contribution >= 4 is 17.3 Å². The van der Waals surface area contributed by atoms with Crippen LogP contribution in [0, 0.1) is 16.0 Å². The summed E-state index contributed by atoms with van der Waals surface area (Å²) in [6.45, 7) is 3.39. The summed E-state index contributed by atoms with van der Waals surface area (Å²) >= 11 is 0. The van der Waals surface area contributed by atoms with Crippen LogP contribution in [0.2, 0.25) is 0 Å². The number of benzene rings is 1. The van der Waals surface area contributed by atoms with Crippen molar-refractivity contribution in [2.24, 2.45) is 5.92 Å². The molecule has 2 fully saturated rings. The molecule has 134 valence electrons. The molecular formula is C18H23N3O4. The standard InChI is InChI=1S/C18H23N3O4/c22-18(19-7-9-25-10-8-19)15-12-13-11-14(21(23)24)4-5-16(13)20-6-2-1-3-17(15)20/h4-5,11,15,17H,1-3,6-10,12H2/t15-,17+/m0/s1. The average Bonchev–Trinajstić information content (AvgIpc) is 2.67. The van der Waals surface area contributed by atoms with Gasteiger partial charge in [-0.2, -0.15) is 0 Å². The molecule has 3 heterocycles. The third kappa shape index (κ3) is 2.97. The minimum absolute atomic E-state index is 0.104. The van der Waals surface area contributed by atoms with Crippen LogP contribution >= 0.6 is 0 Å². The van der Waals surface area contributed by atoms with Gasteiger partial charge in [-0.25, -0.2) is 0 Å². The maximum absolute atomic E-state index is 13.1. The zero-order valence-electron chi connectivity index (χ0n) is 14.2. The van der Waals surface area contributed by atoms with Crippen molar-refractivity contribution in [3.05, 3.63) is 33.9 Å². The highest BCUT2D eigenvalue weighted by Crippen LogP contribution is 2.40. The van der Waals surface area contributed by atoms with Crippen LogP contribution in [0.25, 0.3) is 0 Å². The second-order valence-electron chi connectivity index (χ2n) is 7.07. The number of rotatable bonds is 2. The molecule has 0 unspecified atom stereocenters. The average molecular weight is 345 g/mol. The van der Waals surface area contributed by atoms with Crippen molar-refractivity contribution in [2.45, 2.75) is 31.7 Å². The van der Waals surface area contributed by atoms with Crippen molar-refractivity contribution in [3.8, 4) is 0 Å². The Morgan fingerprint density at radius 3 is 2.76 bits per heavy atom. The summed E-state index contributed by atoms with van der Waals surface area (Å²) in [6.07, 6.45) is 3.84. The second kappa shape index (κ2) is 6.63. The fraction of sp³-hybridized carbons (Fsp3) is 0.611. The van der Waals surface area contributed by atoms with Gasteiger partial charge < -0.3 is 14.5 Å². The van der Waals surface area contributed by atoms with Crippen molar-refractivity contribution < 1.29 is 14.5 Å². The molecule has 3 aliphatic rings. The van der Waals surface area contributed by atoms with Crippen molar-refractivity contribution in [1.29, 1.82) is 0 Å². The molecule has 2 atom stereocenters. The van der Waals surface area contributed by atoms with E-state index < -0.39 is 0 Å². The highest BCUT2D eigenvalue weighted by Gasteiger charge is 2.41. The lowest BCUT2D eigenvalue weighted by molar-refractivity contribution is -0.384. The Morgan fingerprint density at radius 1 is 1.20 bits per heavy atom. The third-order valence-corrected chi connectivity index (χ3v) is 5.68. The molecule has 25 heavy (non-hydrogen) atoms. The normalized spacial score (nSPS) is 25.9. The molecule has 0 saturated carbocycles. The van der Waals surface area contributed by atoms with Crippen LogP contribution in [0.15, 0.2) is 18.2 Å². The first-order valence-electron chi connectivity index (χ1n) is 9.05. The Morgan fingerprint density at radius 2 is 2.00 bits per heavy atom. The zero-order chi connectivity index (χ0) is 17.4. The number of carbonyl (C=O) groups excluding carboxylic acids is 1. The maximum Gasteiger partial charge on any atom is 0.269 e. The second-order valence-corrected chi connectivity index (χ2v) is 7.07. The van der Waals surface area contributed by atoms with Crippen LogP contribution in [0.1, 0.15) is 24.8 Å². The molecule has 2 saturated heterocycles. The SMILES string of the molecule is O=C([C@H]1Cc2cc([N+](=O)[O-])ccc2N2CCCC[C@H]12)N1CCOCC1. The van der Waals surface area contributed by atoms with Gasteiger partial charge in [0.05, 0.1) is 24.1 Å². The number of piperidine rings is 1. The monoisotopic (exact) mass is 345 g/mol. The quantitative estimate of drug-likeness (QED) is 0.605. The lowest BCUT2D eigenvalue weighted by atomic mass is 9.80. The zero-order valence-corrected chi connectivity index (χ0v) is 14.2. The van der Waals surface area contributed by atoms with Crippen LogP contribution in [0.4, 0.5) is 11.4 Å². The number of nitro benzene ring substituents is 1. The fourth-order valence-corrected chi connectivity index (χ4v) is 4.45. The summed E-state index contributed by atoms with van der Waals surface area (Å²) in [7, 11) is 0. The number of ether oxygens (including phenoxy) is 1. The van der Waals surface area contributed by atoms with Crippen molar-refractivity contribution in [1.82, 2.24) is 4.90 Å². The van der Waals surface area contributed by atoms with E-state index in [4.69, 9.17) is 4.74 Å². The van der Waals surface area contributed by atoms with E-state index in [-0.39, 0.29) is 28.5 Å². The lowest BCUT2D eigenvalue weighted by Gasteiger charge is -2.47. The molecule has 0 bridgehead atoms. The Balaban J connectivity index is 1.67. The number of hydrogen-bond acceptors (Lipinski definition) is 5. The fourth-order valence-electron chi connectivity index (χ4n) is 4.45. The molecule has 0 N–H and O–H groups in total. The number of nitrogens with zero attached hydrogens (tertiary/aromatic N) is 3. The number of nitro groups is 1. The lowest BCUT2D eigenvalue weighted by Crippen LogP contribution is -2.55. The Bertz CT molecular complexity index is 687. The number of amides is 1. The van der Waals surface area contributed by atoms with Crippen LogP contribution in [0.5, 0.6) is 0 Å². The van der Waals surface area contributed by atoms with Crippen LogP contribution in [-0.2, 0) is 16.0 Å². The molecule has 0 aliphatic carbocycles. The molecular weight excluding hydrogens is 322 g/mol. The summed E-state index contributed by atoms with van der Waals surface area (Å²) in [5.41, 5.74) is 2.10. The van der Waals surface area contributed by atoms with E-state index in [9.17, 15) is 14.9 Å². The van der Waals surface area contributed by atoms with Crippen LogP contribution < -0.4 is 4.90 Å². The molecule has 0 radical (unpaired) electrons. The summed E-state index contributed by atoms with van der Waals surface area (Å²) in [5, 5.41) is 11.1. The van der Waals surface area contributed by atoms with Gasteiger partial charge in [-0.05, 0) is 37.3 Å². The van der Waals surface area contributed by atoms with Gasteiger partial charge in [0.2, 0.25) is 5.91 Å². The van der Waals surface area contributed by atoms with Gasteiger partial charge in [-0.3, -0.25) is 14.9 Å². The van der Waals surface area contributed by atoms with Gasteiger partial charge in [0.1, 0.15) is 0 Å². The molecule has 3 aliphatic heterocycles. The molecule has 1 aromatic rings. The Hall–Kier alpha value is -2.15. The summed E-state index contributed by atoms with van der Waals surface area (Å²) in [6, 6.07) is 5.30. The Labute approximate surface area is 146 Å². The minimum Gasteiger partial charge on any atom is -0.378 e. The number of morpholine rings is 1. The summed E-state index contributed by atoms with van der Waals surface area (Å²) in [5.74, 6) is 0.0604. The maximum atomic E-state index is 13.1. The van der Waals surface area contributed by atoms with E-state index in [2.05, 4.69) is 4.90 Å². The predicted molar refractivity (Wildman–Crippen MR) is 92.7 cm³/mol. The van der Waals surface area contributed by atoms with Gasteiger partial charge in [0.25, 0.3) is 5.69 Å². The highest BCUT2D eigenvalue weighted by molar-refractivity contribution is 5.82. The van der Waals surface area contributed by atoms with Crippen LogP contribution in [-0.4, -0.2) is 54.6 Å². The first-order chi connectivity index (χ1) is 12.1. The van der Waals surface area contributed by atoms with E-state index in [1.54, 1.807) is 12.1 Å². The van der Waals surface area contributed by atoms with Gasteiger partial charge in [0, 0.05) is 43.5 Å². The van der Waals surface area contributed by atoms with Gasteiger partial charge in [-0.1, -0.05) is 0 Å². The molecule has 4 rings (SSSR count). The largest absolute Gasteiger partial charge is 0.378 e. The molecule has 0 aromatic heterocycles. The van der Waals surface area contributed by atoms with Gasteiger partial charge in [0.15, 0.2) is 0 Å². The molecule has 0 spiro atoms. The molecule has 1 aromatic carbocycles. The molecule has 1 amide bonds. The van der Waals surface area contributed by atoms with Crippen molar-refractivity contribution in [2.75, 3.05) is 37.7 Å². The number of carbonyl (C=O) groups is 1. The van der Waals surface area contributed by atoms with Gasteiger partial charge in [-0.15, -0.1) is 0 Å². The first kappa shape index (κ1) is 16.3. The number of fused-ring (bicyclic) bond motifs is 3. The highest BCUT2D eigenvalue weighted by atomic mass is 16.6.